The van der Waals surface area contributed by atoms with Crippen molar-refractivity contribution >= 4 is 23.6 Å². The number of halogens is 3. The zero-order chi connectivity index (χ0) is 23.6. The van der Waals surface area contributed by atoms with Crippen LogP contribution in [0.5, 0.6) is 0 Å². The molecule has 0 unspecified atom stereocenters. The second kappa shape index (κ2) is 6.93. The van der Waals surface area contributed by atoms with Crippen LogP contribution in [0.2, 0.25) is 0 Å². The predicted octanol–water partition coefficient (Wildman–Crippen LogP) is 2.70. The van der Waals surface area contributed by atoms with E-state index < -0.39 is 58.2 Å². The number of alkyl halides is 3. The molecule has 0 aliphatic carbocycles. The summed E-state index contributed by atoms with van der Waals surface area (Å²) >= 11 is 0. The lowest BCUT2D eigenvalue weighted by atomic mass is 9.79. The Labute approximate surface area is 181 Å². The summed E-state index contributed by atoms with van der Waals surface area (Å²) in [6.07, 6.45) is -5.42. The van der Waals surface area contributed by atoms with E-state index in [0.717, 1.165) is 17.0 Å². The Hall–Kier alpha value is -3.13. The number of benzene rings is 1. The van der Waals surface area contributed by atoms with Gasteiger partial charge in [0.25, 0.3) is 0 Å². The van der Waals surface area contributed by atoms with Crippen molar-refractivity contribution in [2.45, 2.75) is 38.1 Å². The third-order valence-corrected chi connectivity index (χ3v) is 6.31. The first kappa shape index (κ1) is 22.1. The zero-order valence-corrected chi connectivity index (χ0v) is 17.5. The van der Waals surface area contributed by atoms with Crippen molar-refractivity contribution in [1.82, 2.24) is 4.90 Å². The van der Waals surface area contributed by atoms with Gasteiger partial charge in [-0.2, -0.15) is 18.4 Å². The third-order valence-electron chi connectivity index (χ3n) is 6.31. The van der Waals surface area contributed by atoms with Gasteiger partial charge in [0.2, 0.25) is 11.8 Å². The van der Waals surface area contributed by atoms with Crippen LogP contribution in [-0.2, 0) is 25.2 Å². The summed E-state index contributed by atoms with van der Waals surface area (Å²) in [4.78, 5) is 41.1. The Morgan fingerprint density at radius 2 is 1.78 bits per heavy atom. The maximum Gasteiger partial charge on any atom is 0.417 e. The van der Waals surface area contributed by atoms with Crippen molar-refractivity contribution in [2.24, 2.45) is 11.8 Å². The lowest BCUT2D eigenvalue weighted by Crippen LogP contribution is -2.59. The molecule has 1 aromatic carbocycles. The normalized spacial score (nSPS) is 31.5. The molecule has 8 nitrogen and oxygen atoms in total. The number of ether oxygens (including phenoxy) is 2. The van der Waals surface area contributed by atoms with Gasteiger partial charge in [-0.15, -0.1) is 0 Å². The fourth-order valence-corrected chi connectivity index (χ4v) is 5.24. The van der Waals surface area contributed by atoms with Crippen molar-refractivity contribution in [3.8, 4) is 6.07 Å². The minimum atomic E-state index is -4.83. The standard InChI is InChI=1S/C21H20F3N3O5/c1-4-31-18(30)26-9-19(2)14-15(20(3,10-26)32-19)17(29)27(16(14)28)12-6-5-11(8-25)13(7-12)21(22,23)24/h5-7,14-15H,4,9-10H2,1-3H3/t14-,15+,19-,20+. The van der Waals surface area contributed by atoms with Crippen LogP contribution in [0.15, 0.2) is 18.2 Å². The number of carbonyl (C=O) groups excluding carboxylic acids is 3. The van der Waals surface area contributed by atoms with Gasteiger partial charge < -0.3 is 14.4 Å². The minimum absolute atomic E-state index is 0.00335. The maximum absolute atomic E-state index is 13.4. The Balaban J connectivity index is 1.73. The quantitative estimate of drug-likeness (QED) is 0.641. The van der Waals surface area contributed by atoms with E-state index in [-0.39, 0.29) is 25.4 Å². The molecule has 32 heavy (non-hydrogen) atoms. The summed E-state index contributed by atoms with van der Waals surface area (Å²) in [5, 5.41) is 9.00. The fourth-order valence-electron chi connectivity index (χ4n) is 5.24. The van der Waals surface area contributed by atoms with Gasteiger partial charge in [0.15, 0.2) is 0 Å². The Kier molecular flexibility index (Phi) is 4.78. The van der Waals surface area contributed by atoms with Crippen LogP contribution in [-0.4, -0.2) is 53.7 Å². The van der Waals surface area contributed by atoms with Crippen LogP contribution in [0, 0.1) is 23.2 Å². The summed E-state index contributed by atoms with van der Waals surface area (Å²) in [7, 11) is 0. The third kappa shape index (κ3) is 3.04. The summed E-state index contributed by atoms with van der Waals surface area (Å²) in [6.45, 7) is 5.02. The van der Waals surface area contributed by atoms with E-state index >= 15 is 0 Å². The molecule has 170 valence electrons. The number of hydrogen-bond donors (Lipinski definition) is 0. The van der Waals surface area contributed by atoms with Gasteiger partial charge in [-0.3, -0.25) is 9.59 Å². The molecular weight excluding hydrogens is 431 g/mol. The molecule has 4 atom stereocenters. The molecule has 1 aromatic rings. The highest BCUT2D eigenvalue weighted by Gasteiger charge is 2.72. The SMILES string of the molecule is CCOC(=O)N1C[C@@]2(C)O[C@@](C)(C1)[C@@H]1C(=O)N(c3ccc(C#N)c(C(F)(F)F)c3)C(=O)[C@@H]12. The fraction of sp³-hybridized carbons (Fsp3) is 0.524. The summed E-state index contributed by atoms with van der Waals surface area (Å²) < 4.78 is 51.4. The molecule has 3 heterocycles. The van der Waals surface area contributed by atoms with E-state index in [1.807, 2.05) is 0 Å². The lowest BCUT2D eigenvalue weighted by molar-refractivity contribution is -0.164. The highest BCUT2D eigenvalue weighted by molar-refractivity contribution is 6.23. The molecule has 3 aliphatic heterocycles. The molecule has 2 bridgehead atoms. The van der Waals surface area contributed by atoms with Gasteiger partial charge in [0, 0.05) is 0 Å². The second-order valence-corrected chi connectivity index (χ2v) is 8.59. The van der Waals surface area contributed by atoms with Crippen LogP contribution >= 0.6 is 0 Å². The Bertz CT molecular complexity index is 1030. The van der Waals surface area contributed by atoms with Gasteiger partial charge in [0.1, 0.15) is 0 Å². The Morgan fingerprint density at radius 3 is 2.25 bits per heavy atom. The molecule has 0 aromatic heterocycles. The summed E-state index contributed by atoms with van der Waals surface area (Å²) in [6, 6.07) is 4.21. The number of fused-ring (bicyclic) bond motifs is 5. The average molecular weight is 451 g/mol. The van der Waals surface area contributed by atoms with Crippen LogP contribution in [0.1, 0.15) is 31.9 Å². The van der Waals surface area contributed by atoms with Crippen molar-refractivity contribution in [2.75, 3.05) is 24.6 Å². The van der Waals surface area contributed by atoms with E-state index in [9.17, 15) is 27.6 Å². The van der Waals surface area contributed by atoms with Crippen molar-refractivity contribution < 1.29 is 37.0 Å². The highest BCUT2D eigenvalue weighted by atomic mass is 19.4. The maximum atomic E-state index is 13.4. The van der Waals surface area contributed by atoms with Crippen LogP contribution in [0.25, 0.3) is 0 Å². The molecule has 0 spiro atoms. The van der Waals surface area contributed by atoms with Crippen molar-refractivity contribution in [3.05, 3.63) is 29.3 Å². The number of nitriles is 1. The molecule has 0 N–H and O–H groups in total. The van der Waals surface area contributed by atoms with Crippen LogP contribution in [0.3, 0.4) is 0 Å². The number of likely N-dealkylation sites (tertiary alicyclic amines) is 1. The number of anilines is 1. The smallest absolute Gasteiger partial charge is 0.417 e. The van der Waals surface area contributed by atoms with Crippen LogP contribution < -0.4 is 4.90 Å². The number of amides is 3. The van der Waals surface area contributed by atoms with E-state index in [1.165, 1.54) is 11.0 Å². The molecule has 3 aliphatic rings. The van der Waals surface area contributed by atoms with Crippen molar-refractivity contribution in [3.63, 3.8) is 0 Å². The van der Waals surface area contributed by atoms with Gasteiger partial charge in [-0.05, 0) is 39.0 Å². The van der Waals surface area contributed by atoms with E-state index in [2.05, 4.69) is 0 Å². The van der Waals surface area contributed by atoms with E-state index in [4.69, 9.17) is 14.7 Å². The molecule has 0 radical (unpaired) electrons. The van der Waals surface area contributed by atoms with E-state index in [1.54, 1.807) is 20.8 Å². The topological polar surface area (TPSA) is 99.9 Å². The summed E-state index contributed by atoms with van der Waals surface area (Å²) in [5.74, 6) is -3.36. The largest absolute Gasteiger partial charge is 0.450 e. The number of hydrogen-bond acceptors (Lipinski definition) is 6. The first-order valence-corrected chi connectivity index (χ1v) is 9.97. The van der Waals surface area contributed by atoms with Gasteiger partial charge in [0.05, 0.1) is 65.6 Å². The molecule has 3 fully saturated rings. The first-order chi connectivity index (χ1) is 14.9. The van der Waals surface area contributed by atoms with Gasteiger partial charge in [-0.25, -0.2) is 9.69 Å². The number of rotatable bonds is 2. The monoisotopic (exact) mass is 451 g/mol. The van der Waals surface area contributed by atoms with Crippen LogP contribution in [0.4, 0.5) is 23.7 Å². The summed E-state index contributed by atoms with van der Waals surface area (Å²) in [5.41, 5.74) is -4.52. The average Bonchev–Trinajstić information content (AvgIpc) is 3.07. The molecule has 0 saturated carbocycles. The second-order valence-electron chi connectivity index (χ2n) is 8.59. The lowest BCUT2D eigenvalue weighted by Gasteiger charge is -2.44. The van der Waals surface area contributed by atoms with Gasteiger partial charge in [-0.1, -0.05) is 0 Å². The van der Waals surface area contributed by atoms with Gasteiger partial charge >= 0.3 is 12.3 Å². The predicted molar refractivity (Wildman–Crippen MR) is 102 cm³/mol. The zero-order valence-electron chi connectivity index (χ0n) is 17.5. The number of morpholine rings is 1. The highest BCUT2D eigenvalue weighted by Crippen LogP contribution is 2.55. The molecular formula is C21H20F3N3O5. The molecule has 3 saturated heterocycles. The van der Waals surface area contributed by atoms with Crippen molar-refractivity contribution in [1.29, 1.82) is 5.26 Å². The van der Waals surface area contributed by atoms with E-state index in [0.29, 0.717) is 6.07 Å². The number of imide groups is 1. The molecule has 4 rings (SSSR count). The number of carbonyl (C=O) groups is 3. The molecule has 11 heteroatoms. The minimum Gasteiger partial charge on any atom is -0.450 e. The Morgan fingerprint density at radius 1 is 1.22 bits per heavy atom. The first-order valence-electron chi connectivity index (χ1n) is 9.97. The molecule has 3 amide bonds. The number of nitrogens with zero attached hydrogens (tertiary/aromatic N) is 3.